The summed E-state index contributed by atoms with van der Waals surface area (Å²) in [5, 5.41) is 18.1. The maximum absolute atomic E-state index is 12.2. The van der Waals surface area contributed by atoms with E-state index in [0.717, 1.165) is 36.5 Å². The van der Waals surface area contributed by atoms with E-state index in [1.807, 2.05) is 28.9 Å². The zero-order chi connectivity index (χ0) is 16.4. The normalized spacial score (nSPS) is 20.8. The van der Waals surface area contributed by atoms with Crippen LogP contribution >= 0.6 is 0 Å². The Labute approximate surface area is 139 Å². The zero-order valence-electron chi connectivity index (χ0n) is 13.3. The number of nitrogens with one attached hydrogen (secondary N) is 2. The van der Waals surface area contributed by atoms with Crippen molar-refractivity contribution in [1.29, 1.82) is 0 Å². The summed E-state index contributed by atoms with van der Waals surface area (Å²) < 4.78 is 7.43. The molecule has 1 unspecified atom stereocenters. The van der Waals surface area contributed by atoms with Gasteiger partial charge in [0.25, 0.3) is 0 Å². The maximum Gasteiger partial charge on any atom is 0.227 e. The highest BCUT2D eigenvalue weighted by molar-refractivity contribution is 5.91. The monoisotopic (exact) mass is 328 g/mol. The van der Waals surface area contributed by atoms with Gasteiger partial charge < -0.3 is 15.4 Å². The standard InChI is InChI=1S/C16H20N6O2/c23-15(9-14-10-17-6-7-24-14)18-12-3-1-2-11(8-12)16-19-20-21-22(16)13-4-5-13/h1-3,8,13-14,17H,4-7,9-10H2,(H,18,23). The molecule has 1 aromatic carbocycles. The summed E-state index contributed by atoms with van der Waals surface area (Å²) in [6, 6.07) is 8.03. The van der Waals surface area contributed by atoms with Gasteiger partial charge >= 0.3 is 0 Å². The first-order chi connectivity index (χ1) is 11.8. The lowest BCUT2D eigenvalue weighted by Crippen LogP contribution is -2.40. The molecule has 2 aliphatic rings. The number of aromatic nitrogens is 4. The number of carbonyl (C=O) groups excluding carboxylic acids is 1. The number of benzene rings is 1. The average molecular weight is 328 g/mol. The van der Waals surface area contributed by atoms with Gasteiger partial charge in [0.15, 0.2) is 5.82 Å². The molecule has 0 bridgehead atoms. The van der Waals surface area contributed by atoms with Crippen LogP contribution in [0.2, 0.25) is 0 Å². The van der Waals surface area contributed by atoms with Gasteiger partial charge in [-0.2, -0.15) is 0 Å². The summed E-state index contributed by atoms with van der Waals surface area (Å²) in [6.45, 7) is 2.21. The molecule has 2 heterocycles. The van der Waals surface area contributed by atoms with E-state index in [0.29, 0.717) is 25.6 Å². The Hall–Kier alpha value is -2.32. The molecule has 1 saturated carbocycles. The molecule has 1 aromatic heterocycles. The maximum atomic E-state index is 12.2. The highest BCUT2D eigenvalue weighted by Crippen LogP contribution is 2.36. The van der Waals surface area contributed by atoms with Gasteiger partial charge in [0.1, 0.15) is 0 Å². The molecular weight excluding hydrogens is 308 g/mol. The Kier molecular flexibility index (Phi) is 4.22. The van der Waals surface area contributed by atoms with Crippen molar-refractivity contribution in [1.82, 2.24) is 25.5 Å². The van der Waals surface area contributed by atoms with E-state index in [1.165, 1.54) is 0 Å². The molecule has 1 amide bonds. The van der Waals surface area contributed by atoms with E-state index in [4.69, 9.17) is 4.74 Å². The van der Waals surface area contributed by atoms with Crippen LogP contribution in [0.5, 0.6) is 0 Å². The van der Waals surface area contributed by atoms with Crippen molar-refractivity contribution in [3.8, 4) is 11.4 Å². The first kappa shape index (κ1) is 15.2. The van der Waals surface area contributed by atoms with Crippen LogP contribution in [-0.2, 0) is 9.53 Å². The van der Waals surface area contributed by atoms with E-state index in [2.05, 4.69) is 26.2 Å². The van der Waals surface area contributed by atoms with Gasteiger partial charge in [-0.3, -0.25) is 4.79 Å². The van der Waals surface area contributed by atoms with Crippen LogP contribution in [0.4, 0.5) is 5.69 Å². The molecule has 2 fully saturated rings. The molecule has 126 valence electrons. The summed E-state index contributed by atoms with van der Waals surface area (Å²) in [6.07, 6.45) is 2.51. The lowest BCUT2D eigenvalue weighted by molar-refractivity contribution is -0.119. The summed E-state index contributed by atoms with van der Waals surface area (Å²) >= 11 is 0. The average Bonchev–Trinajstić information content (AvgIpc) is 3.32. The molecule has 8 nitrogen and oxygen atoms in total. The zero-order valence-corrected chi connectivity index (χ0v) is 13.3. The summed E-state index contributed by atoms with van der Waals surface area (Å²) in [4.78, 5) is 12.2. The van der Waals surface area contributed by atoms with Gasteiger partial charge in [-0.05, 0) is 35.4 Å². The van der Waals surface area contributed by atoms with Crippen LogP contribution in [-0.4, -0.2) is 51.9 Å². The fourth-order valence-electron chi connectivity index (χ4n) is 2.85. The van der Waals surface area contributed by atoms with Crippen molar-refractivity contribution in [2.75, 3.05) is 25.0 Å². The first-order valence-corrected chi connectivity index (χ1v) is 8.30. The first-order valence-electron chi connectivity index (χ1n) is 8.30. The molecule has 4 rings (SSSR count). The Morgan fingerprint density at radius 2 is 2.33 bits per heavy atom. The number of ether oxygens (including phenoxy) is 1. The quantitative estimate of drug-likeness (QED) is 0.850. The number of rotatable bonds is 5. The van der Waals surface area contributed by atoms with Gasteiger partial charge in [-0.25, -0.2) is 4.68 Å². The lowest BCUT2D eigenvalue weighted by Gasteiger charge is -2.23. The number of tetrazole rings is 1. The predicted molar refractivity (Wildman–Crippen MR) is 87.4 cm³/mol. The molecule has 2 N–H and O–H groups in total. The molecule has 2 aromatic rings. The lowest BCUT2D eigenvalue weighted by atomic mass is 10.1. The number of carbonyl (C=O) groups is 1. The minimum Gasteiger partial charge on any atom is -0.375 e. The van der Waals surface area contributed by atoms with E-state index in [1.54, 1.807) is 0 Å². The molecule has 0 radical (unpaired) electrons. The number of amides is 1. The third kappa shape index (κ3) is 3.44. The van der Waals surface area contributed by atoms with E-state index < -0.39 is 0 Å². The van der Waals surface area contributed by atoms with E-state index in [-0.39, 0.29) is 12.0 Å². The Morgan fingerprint density at radius 3 is 3.12 bits per heavy atom. The molecule has 24 heavy (non-hydrogen) atoms. The van der Waals surface area contributed by atoms with Crippen molar-refractivity contribution in [2.24, 2.45) is 0 Å². The number of nitrogens with zero attached hydrogens (tertiary/aromatic N) is 4. The molecule has 0 spiro atoms. The summed E-state index contributed by atoms with van der Waals surface area (Å²) in [5.41, 5.74) is 1.65. The minimum absolute atomic E-state index is 0.0531. The minimum atomic E-state index is -0.0657. The Bertz CT molecular complexity index is 721. The second kappa shape index (κ2) is 6.66. The van der Waals surface area contributed by atoms with Crippen molar-refractivity contribution in [2.45, 2.75) is 31.4 Å². The van der Waals surface area contributed by atoms with Crippen molar-refractivity contribution in [3.63, 3.8) is 0 Å². The number of hydrogen-bond donors (Lipinski definition) is 2. The third-order valence-corrected chi connectivity index (χ3v) is 4.21. The SMILES string of the molecule is O=C(CC1CNCCO1)Nc1cccc(-c2nnnn2C2CC2)c1. The molecular formula is C16H20N6O2. The van der Waals surface area contributed by atoms with Gasteiger partial charge in [0.2, 0.25) is 5.91 Å². The van der Waals surface area contributed by atoms with Gasteiger partial charge in [-0.1, -0.05) is 12.1 Å². The van der Waals surface area contributed by atoms with E-state index in [9.17, 15) is 4.79 Å². The van der Waals surface area contributed by atoms with Crippen molar-refractivity contribution < 1.29 is 9.53 Å². The van der Waals surface area contributed by atoms with Crippen molar-refractivity contribution in [3.05, 3.63) is 24.3 Å². The van der Waals surface area contributed by atoms with Crippen molar-refractivity contribution >= 4 is 11.6 Å². The fraction of sp³-hybridized carbons (Fsp3) is 0.500. The van der Waals surface area contributed by atoms with E-state index >= 15 is 0 Å². The molecule has 8 heteroatoms. The van der Waals surface area contributed by atoms with Gasteiger partial charge in [0.05, 0.1) is 25.2 Å². The van der Waals surface area contributed by atoms with Crippen LogP contribution in [0, 0.1) is 0 Å². The fourth-order valence-corrected chi connectivity index (χ4v) is 2.85. The topological polar surface area (TPSA) is 94.0 Å². The van der Waals surface area contributed by atoms with Crippen LogP contribution in [0.3, 0.4) is 0 Å². The van der Waals surface area contributed by atoms with Crippen LogP contribution in [0.15, 0.2) is 24.3 Å². The molecule has 1 aliphatic heterocycles. The van der Waals surface area contributed by atoms with Crippen LogP contribution < -0.4 is 10.6 Å². The smallest absolute Gasteiger partial charge is 0.227 e. The second-order valence-electron chi connectivity index (χ2n) is 6.21. The summed E-state index contributed by atoms with van der Waals surface area (Å²) in [5.74, 6) is 0.691. The molecule has 1 aliphatic carbocycles. The highest BCUT2D eigenvalue weighted by Gasteiger charge is 2.28. The number of anilines is 1. The Balaban J connectivity index is 1.44. The third-order valence-electron chi connectivity index (χ3n) is 4.21. The Morgan fingerprint density at radius 1 is 1.42 bits per heavy atom. The molecule has 1 saturated heterocycles. The summed E-state index contributed by atoms with van der Waals surface area (Å²) in [7, 11) is 0. The number of morpholine rings is 1. The predicted octanol–water partition coefficient (Wildman–Crippen LogP) is 0.992. The largest absolute Gasteiger partial charge is 0.375 e. The van der Waals surface area contributed by atoms with Gasteiger partial charge in [0, 0.05) is 24.3 Å². The highest BCUT2D eigenvalue weighted by atomic mass is 16.5. The van der Waals surface area contributed by atoms with Crippen LogP contribution in [0.25, 0.3) is 11.4 Å². The number of hydrogen-bond acceptors (Lipinski definition) is 6. The second-order valence-corrected chi connectivity index (χ2v) is 6.21. The van der Waals surface area contributed by atoms with Gasteiger partial charge in [-0.15, -0.1) is 5.10 Å². The van der Waals surface area contributed by atoms with Crippen LogP contribution in [0.1, 0.15) is 25.3 Å². The molecule has 1 atom stereocenters.